The van der Waals surface area contributed by atoms with Crippen molar-refractivity contribution in [3.63, 3.8) is 0 Å². The molecule has 0 heterocycles. The van der Waals surface area contributed by atoms with Crippen molar-refractivity contribution in [2.24, 2.45) is 0 Å². The first-order valence-corrected chi connectivity index (χ1v) is 11.8. The van der Waals surface area contributed by atoms with Gasteiger partial charge in [0.2, 0.25) is 0 Å². The van der Waals surface area contributed by atoms with Crippen molar-refractivity contribution < 1.29 is 4.74 Å². The van der Waals surface area contributed by atoms with Crippen LogP contribution < -0.4 is 4.74 Å². The minimum absolute atomic E-state index is 0.585. The van der Waals surface area contributed by atoms with Gasteiger partial charge in [-0.15, -0.1) is 0 Å². The molecule has 0 amide bonds. The molecule has 0 radical (unpaired) electrons. The third kappa shape index (κ3) is 5.94. The van der Waals surface area contributed by atoms with E-state index >= 15 is 0 Å². The van der Waals surface area contributed by atoms with Crippen LogP contribution in [0.5, 0.6) is 5.75 Å². The highest BCUT2D eigenvalue weighted by Crippen LogP contribution is 2.32. The van der Waals surface area contributed by atoms with Crippen molar-refractivity contribution in [3.8, 4) is 5.75 Å². The highest BCUT2D eigenvalue weighted by Gasteiger charge is 2.31. The van der Waals surface area contributed by atoms with E-state index < -0.39 is 0 Å². The molecule has 0 spiro atoms. The zero-order valence-electron chi connectivity index (χ0n) is 17.1. The molecule has 2 nitrogen and oxygen atoms in total. The van der Waals surface area contributed by atoms with Gasteiger partial charge in [0.25, 0.3) is 5.17 Å². The third-order valence-corrected chi connectivity index (χ3v) is 6.66. The summed E-state index contributed by atoms with van der Waals surface area (Å²) >= 11 is 5.92. The van der Waals surface area contributed by atoms with Crippen molar-refractivity contribution in [3.05, 3.63) is 29.8 Å². The van der Waals surface area contributed by atoms with E-state index in [0.717, 1.165) is 17.3 Å². The van der Waals surface area contributed by atoms with E-state index in [2.05, 4.69) is 36.1 Å². The highest BCUT2D eigenvalue weighted by atomic mass is 32.1. The maximum Gasteiger partial charge on any atom is 0.265 e. The fraction of sp³-hybridized carbons (Fsp3) is 0.708. The summed E-state index contributed by atoms with van der Waals surface area (Å²) in [6, 6.07) is 9.68. The zero-order valence-corrected chi connectivity index (χ0v) is 17.9. The number of ether oxygens (including phenoxy) is 1. The lowest BCUT2D eigenvalue weighted by molar-refractivity contribution is 0.140. The molecule has 0 aliphatic heterocycles. The summed E-state index contributed by atoms with van der Waals surface area (Å²) in [6.45, 7) is 2.25. The number of rotatable bonds is 7. The number of nitrogens with zero attached hydrogens (tertiary/aromatic N) is 1. The van der Waals surface area contributed by atoms with Crippen molar-refractivity contribution >= 4 is 17.4 Å². The van der Waals surface area contributed by atoms with Gasteiger partial charge in [0.15, 0.2) is 0 Å². The topological polar surface area (TPSA) is 12.5 Å². The minimum atomic E-state index is 0.585. The SMILES string of the molecule is CCCCCc1ccccc1OC(=S)N(C1CCCCC1)C1CCCCC1. The van der Waals surface area contributed by atoms with Crippen molar-refractivity contribution in [2.75, 3.05) is 0 Å². The molecule has 0 saturated heterocycles. The van der Waals surface area contributed by atoms with Gasteiger partial charge >= 0.3 is 0 Å². The molecule has 2 aliphatic carbocycles. The summed E-state index contributed by atoms with van der Waals surface area (Å²) in [7, 11) is 0. The lowest BCUT2D eigenvalue weighted by atomic mass is 9.89. The summed E-state index contributed by atoms with van der Waals surface area (Å²) in [5, 5.41) is 0.733. The fourth-order valence-corrected chi connectivity index (χ4v) is 5.22. The average molecular weight is 388 g/mol. The molecule has 0 N–H and O–H groups in total. The summed E-state index contributed by atoms with van der Waals surface area (Å²) in [5.74, 6) is 0.982. The maximum absolute atomic E-state index is 6.40. The molecular weight excluding hydrogens is 350 g/mol. The van der Waals surface area contributed by atoms with E-state index in [-0.39, 0.29) is 0 Å². The lowest BCUT2D eigenvalue weighted by Crippen LogP contribution is -2.49. The number of benzene rings is 1. The predicted octanol–water partition coefficient (Wildman–Crippen LogP) is 7.05. The largest absolute Gasteiger partial charge is 0.431 e. The first-order chi connectivity index (χ1) is 13.3. The average Bonchev–Trinajstić information content (AvgIpc) is 2.71. The summed E-state index contributed by atoms with van der Waals surface area (Å²) < 4.78 is 6.40. The van der Waals surface area contributed by atoms with E-state index in [1.54, 1.807) is 0 Å². The van der Waals surface area contributed by atoms with E-state index in [1.807, 2.05) is 0 Å². The lowest BCUT2D eigenvalue weighted by Gasteiger charge is -2.42. The van der Waals surface area contributed by atoms with Crippen LogP contribution in [0.3, 0.4) is 0 Å². The monoisotopic (exact) mass is 387 g/mol. The van der Waals surface area contributed by atoms with Crippen LogP contribution in [0.4, 0.5) is 0 Å². The van der Waals surface area contributed by atoms with Gasteiger partial charge in [0.1, 0.15) is 5.75 Å². The van der Waals surface area contributed by atoms with Crippen LogP contribution in [-0.2, 0) is 6.42 Å². The number of hydrogen-bond acceptors (Lipinski definition) is 2. The number of aryl methyl sites for hydroxylation is 1. The molecule has 1 aromatic rings. The van der Waals surface area contributed by atoms with E-state index in [1.165, 1.54) is 89.0 Å². The van der Waals surface area contributed by atoms with Gasteiger partial charge in [-0.1, -0.05) is 76.5 Å². The van der Waals surface area contributed by atoms with Gasteiger partial charge in [-0.25, -0.2) is 0 Å². The molecule has 0 bridgehead atoms. The number of para-hydroxylation sites is 1. The molecule has 2 aliphatic rings. The van der Waals surface area contributed by atoms with Crippen LogP contribution >= 0.6 is 12.2 Å². The molecule has 0 aromatic heterocycles. The van der Waals surface area contributed by atoms with Crippen LogP contribution in [0.15, 0.2) is 24.3 Å². The third-order valence-electron chi connectivity index (χ3n) is 6.37. The molecule has 0 unspecified atom stereocenters. The maximum atomic E-state index is 6.40. The van der Waals surface area contributed by atoms with Gasteiger partial charge in [-0.2, -0.15) is 0 Å². The number of unbranched alkanes of at least 4 members (excludes halogenated alkanes) is 2. The molecular formula is C24H37NOS. The molecule has 2 saturated carbocycles. The van der Waals surface area contributed by atoms with Crippen molar-refractivity contribution in [1.82, 2.24) is 4.90 Å². The van der Waals surface area contributed by atoms with E-state index in [9.17, 15) is 0 Å². The van der Waals surface area contributed by atoms with E-state index in [4.69, 9.17) is 17.0 Å². The Balaban J connectivity index is 1.72. The molecule has 2 fully saturated rings. The molecule has 0 atom stereocenters. The quantitative estimate of drug-likeness (QED) is 0.367. The molecule has 3 rings (SSSR count). The highest BCUT2D eigenvalue weighted by molar-refractivity contribution is 7.80. The predicted molar refractivity (Wildman–Crippen MR) is 118 cm³/mol. The van der Waals surface area contributed by atoms with Crippen LogP contribution in [0.2, 0.25) is 0 Å². The smallest absolute Gasteiger partial charge is 0.265 e. The normalized spacial score (nSPS) is 19.0. The first kappa shape index (κ1) is 20.6. The second-order valence-electron chi connectivity index (χ2n) is 8.42. The van der Waals surface area contributed by atoms with Crippen molar-refractivity contribution in [1.29, 1.82) is 0 Å². The standard InChI is InChI=1S/C24H37NOS/c1-2-3-6-13-20-14-11-12-19-23(20)26-24(27)25(21-15-7-4-8-16-21)22-17-9-5-10-18-22/h11-12,14,19,21-22H,2-10,13,15-18H2,1H3. The Hall–Kier alpha value is -1.09. The van der Waals surface area contributed by atoms with Crippen LogP contribution in [0.25, 0.3) is 0 Å². The second kappa shape index (κ2) is 11.0. The number of thiocarbonyl (C=S) groups is 1. The first-order valence-electron chi connectivity index (χ1n) is 11.4. The van der Waals surface area contributed by atoms with Crippen molar-refractivity contribution in [2.45, 2.75) is 109 Å². The Labute approximate surface area is 171 Å². The molecule has 1 aromatic carbocycles. The Morgan fingerprint density at radius 3 is 2.11 bits per heavy atom. The van der Waals surface area contributed by atoms with Gasteiger partial charge in [-0.3, -0.25) is 0 Å². The molecule has 27 heavy (non-hydrogen) atoms. The minimum Gasteiger partial charge on any atom is -0.431 e. The van der Waals surface area contributed by atoms with Crippen LogP contribution in [0, 0.1) is 0 Å². The Morgan fingerprint density at radius 1 is 0.926 bits per heavy atom. The fourth-order valence-electron chi connectivity index (χ4n) is 4.84. The van der Waals surface area contributed by atoms with Gasteiger partial charge < -0.3 is 9.64 Å². The summed E-state index contributed by atoms with van der Waals surface area (Å²) in [4.78, 5) is 2.52. The molecule has 3 heteroatoms. The Kier molecular flexibility index (Phi) is 8.44. The summed E-state index contributed by atoms with van der Waals surface area (Å²) in [6.07, 6.45) is 18.0. The van der Waals surface area contributed by atoms with Gasteiger partial charge in [-0.05, 0) is 62.4 Å². The van der Waals surface area contributed by atoms with Gasteiger partial charge in [0.05, 0.1) is 0 Å². The number of hydrogen-bond donors (Lipinski definition) is 0. The zero-order chi connectivity index (χ0) is 18.9. The second-order valence-corrected chi connectivity index (χ2v) is 8.77. The van der Waals surface area contributed by atoms with Crippen LogP contribution in [-0.4, -0.2) is 22.2 Å². The molecule has 150 valence electrons. The van der Waals surface area contributed by atoms with Crippen LogP contribution in [0.1, 0.15) is 96.0 Å². The Morgan fingerprint density at radius 2 is 1.52 bits per heavy atom. The van der Waals surface area contributed by atoms with Gasteiger partial charge in [0, 0.05) is 12.1 Å². The Bertz CT molecular complexity index is 557. The van der Waals surface area contributed by atoms with E-state index in [0.29, 0.717) is 12.1 Å². The summed E-state index contributed by atoms with van der Waals surface area (Å²) in [5.41, 5.74) is 1.31.